The number of nitrogens with two attached hydrogens (primary N) is 1. The van der Waals surface area contributed by atoms with Gasteiger partial charge in [-0.2, -0.15) is 15.0 Å². The molecule has 1 atom stereocenters. The lowest BCUT2D eigenvalue weighted by Crippen LogP contribution is -2.49. The molecule has 170 valence electrons. The van der Waals surface area contributed by atoms with Crippen molar-refractivity contribution in [3.8, 4) is 0 Å². The summed E-state index contributed by atoms with van der Waals surface area (Å²) in [5.41, 5.74) is 8.08. The standard InChI is InChI=1S/C23H31FN8/c1-13(2)31-8-10-32(11-9-31)21-18(12-17-6-7-19(24)14(3)20(17)29-21)15(4)26-23-28-16(5)27-22(25)30-23/h6-7,12-13,15H,8-11H2,1-5H3,(H3,25,26,27,28,30). The first-order valence-corrected chi connectivity index (χ1v) is 11.1. The zero-order valence-electron chi connectivity index (χ0n) is 19.4. The molecule has 0 bridgehead atoms. The molecule has 0 aliphatic carbocycles. The largest absolute Gasteiger partial charge is 0.368 e. The van der Waals surface area contributed by atoms with E-state index in [9.17, 15) is 4.39 Å². The Morgan fingerprint density at radius 2 is 1.72 bits per heavy atom. The number of halogens is 1. The minimum atomic E-state index is -0.240. The number of aromatic nitrogens is 4. The average molecular weight is 439 g/mol. The highest BCUT2D eigenvalue weighted by atomic mass is 19.1. The van der Waals surface area contributed by atoms with Crippen LogP contribution in [0.4, 0.5) is 22.1 Å². The summed E-state index contributed by atoms with van der Waals surface area (Å²) in [6.07, 6.45) is 0. The summed E-state index contributed by atoms with van der Waals surface area (Å²) in [6, 6.07) is 5.74. The number of aryl methyl sites for hydroxylation is 2. The molecule has 0 radical (unpaired) electrons. The Kier molecular flexibility index (Phi) is 6.10. The number of nitrogens with zero attached hydrogens (tertiary/aromatic N) is 6. The molecule has 0 spiro atoms. The van der Waals surface area contributed by atoms with Crippen LogP contribution in [0.25, 0.3) is 10.9 Å². The zero-order chi connectivity index (χ0) is 23.0. The van der Waals surface area contributed by atoms with E-state index in [1.54, 1.807) is 19.9 Å². The summed E-state index contributed by atoms with van der Waals surface area (Å²) in [4.78, 5) is 22.3. The summed E-state index contributed by atoms with van der Waals surface area (Å²) in [6.45, 7) is 13.7. The lowest BCUT2D eigenvalue weighted by Gasteiger charge is -2.38. The third-order valence-corrected chi connectivity index (χ3v) is 6.10. The van der Waals surface area contributed by atoms with E-state index >= 15 is 0 Å². The molecule has 1 fully saturated rings. The van der Waals surface area contributed by atoms with Gasteiger partial charge in [-0.05, 0) is 52.8 Å². The van der Waals surface area contributed by atoms with Crippen molar-refractivity contribution < 1.29 is 4.39 Å². The summed E-state index contributed by atoms with van der Waals surface area (Å²) < 4.78 is 14.3. The Balaban J connectivity index is 1.74. The fourth-order valence-electron chi connectivity index (χ4n) is 4.22. The van der Waals surface area contributed by atoms with Gasteiger partial charge in [0.15, 0.2) is 0 Å². The Hall–Kier alpha value is -3.07. The molecule has 1 aliphatic heterocycles. The number of benzene rings is 1. The van der Waals surface area contributed by atoms with Gasteiger partial charge in [0.05, 0.1) is 11.6 Å². The normalized spacial score (nSPS) is 16.0. The third-order valence-electron chi connectivity index (χ3n) is 6.10. The van der Waals surface area contributed by atoms with E-state index in [1.165, 1.54) is 6.07 Å². The van der Waals surface area contributed by atoms with Crippen molar-refractivity contribution in [2.45, 2.75) is 46.7 Å². The molecule has 3 heterocycles. The van der Waals surface area contributed by atoms with E-state index in [1.807, 2.05) is 6.92 Å². The van der Waals surface area contributed by atoms with E-state index in [0.717, 1.165) is 42.9 Å². The first kappa shape index (κ1) is 22.1. The Labute approximate surface area is 188 Å². The molecule has 32 heavy (non-hydrogen) atoms. The second-order valence-electron chi connectivity index (χ2n) is 8.69. The maximum absolute atomic E-state index is 14.3. The van der Waals surface area contributed by atoms with Crippen LogP contribution in [0.3, 0.4) is 0 Å². The number of nitrogens with one attached hydrogen (secondary N) is 1. The Morgan fingerprint density at radius 3 is 2.38 bits per heavy atom. The Morgan fingerprint density at radius 1 is 1.00 bits per heavy atom. The van der Waals surface area contributed by atoms with Crippen molar-refractivity contribution in [3.63, 3.8) is 0 Å². The fraction of sp³-hybridized carbons (Fsp3) is 0.478. The summed E-state index contributed by atoms with van der Waals surface area (Å²) in [5, 5.41) is 4.25. The molecule has 3 N–H and O–H groups in total. The number of hydrogen-bond donors (Lipinski definition) is 2. The van der Waals surface area contributed by atoms with Crippen molar-refractivity contribution in [3.05, 3.63) is 41.0 Å². The smallest absolute Gasteiger partial charge is 0.228 e. The first-order valence-electron chi connectivity index (χ1n) is 11.1. The van der Waals surface area contributed by atoms with Crippen LogP contribution in [0.15, 0.2) is 18.2 Å². The van der Waals surface area contributed by atoms with Crippen LogP contribution in [-0.2, 0) is 0 Å². The third kappa shape index (κ3) is 4.43. The molecule has 3 aromatic rings. The van der Waals surface area contributed by atoms with Gasteiger partial charge in [0, 0.05) is 48.7 Å². The number of rotatable bonds is 5. The maximum Gasteiger partial charge on any atom is 0.228 e. The Bertz CT molecular complexity index is 1100. The van der Waals surface area contributed by atoms with Gasteiger partial charge in [0.25, 0.3) is 0 Å². The van der Waals surface area contributed by atoms with E-state index in [2.05, 4.69) is 50.0 Å². The number of hydrogen-bond acceptors (Lipinski definition) is 8. The molecule has 0 saturated carbocycles. The van der Waals surface area contributed by atoms with Gasteiger partial charge in [-0.1, -0.05) is 0 Å². The number of fused-ring (bicyclic) bond motifs is 1. The van der Waals surface area contributed by atoms with Crippen molar-refractivity contribution in [2.24, 2.45) is 0 Å². The van der Waals surface area contributed by atoms with E-state index in [4.69, 9.17) is 10.7 Å². The second kappa shape index (κ2) is 8.82. The van der Waals surface area contributed by atoms with Crippen molar-refractivity contribution in [2.75, 3.05) is 42.1 Å². The van der Waals surface area contributed by atoms with Gasteiger partial charge in [0.1, 0.15) is 17.5 Å². The van der Waals surface area contributed by atoms with Crippen LogP contribution in [-0.4, -0.2) is 57.1 Å². The number of nitrogen functional groups attached to an aromatic ring is 1. The molecule has 1 unspecified atom stereocenters. The van der Waals surface area contributed by atoms with Crippen molar-refractivity contribution in [1.29, 1.82) is 0 Å². The quantitative estimate of drug-likeness (QED) is 0.625. The van der Waals surface area contributed by atoms with Crippen LogP contribution in [0.5, 0.6) is 0 Å². The van der Waals surface area contributed by atoms with Gasteiger partial charge < -0.3 is 16.0 Å². The van der Waals surface area contributed by atoms with E-state index < -0.39 is 0 Å². The van der Waals surface area contributed by atoms with Gasteiger partial charge in [-0.3, -0.25) is 4.90 Å². The SMILES string of the molecule is Cc1nc(N)nc(NC(C)c2cc3ccc(F)c(C)c3nc2N2CCN(C(C)C)CC2)n1. The zero-order valence-corrected chi connectivity index (χ0v) is 19.4. The maximum atomic E-state index is 14.3. The first-order chi connectivity index (χ1) is 15.2. The van der Waals surface area contributed by atoms with Crippen LogP contribution in [0.2, 0.25) is 0 Å². The lowest BCUT2D eigenvalue weighted by molar-refractivity contribution is 0.209. The van der Waals surface area contributed by atoms with Crippen LogP contribution in [0.1, 0.15) is 43.8 Å². The van der Waals surface area contributed by atoms with Gasteiger partial charge in [0.2, 0.25) is 11.9 Å². The highest BCUT2D eigenvalue weighted by molar-refractivity contribution is 5.85. The predicted molar refractivity (Wildman–Crippen MR) is 126 cm³/mol. The lowest BCUT2D eigenvalue weighted by atomic mass is 10.0. The minimum Gasteiger partial charge on any atom is -0.368 e. The molecule has 1 aliphatic rings. The van der Waals surface area contributed by atoms with Crippen molar-refractivity contribution in [1.82, 2.24) is 24.8 Å². The molecule has 0 amide bonds. The minimum absolute atomic E-state index is 0.142. The van der Waals surface area contributed by atoms with Crippen LogP contribution in [0, 0.1) is 19.7 Å². The highest BCUT2D eigenvalue weighted by Crippen LogP contribution is 2.32. The van der Waals surface area contributed by atoms with Gasteiger partial charge in [-0.25, -0.2) is 9.37 Å². The summed E-state index contributed by atoms with van der Waals surface area (Å²) in [5.74, 6) is 1.79. The van der Waals surface area contributed by atoms with E-state index in [-0.39, 0.29) is 17.8 Å². The number of anilines is 3. The van der Waals surface area contributed by atoms with Crippen LogP contribution < -0.4 is 16.0 Å². The molecule has 4 rings (SSSR count). The summed E-state index contributed by atoms with van der Waals surface area (Å²) in [7, 11) is 0. The topological polar surface area (TPSA) is 96.1 Å². The molecule has 1 aromatic carbocycles. The predicted octanol–water partition coefficient (Wildman–Crippen LogP) is 3.46. The molecular weight excluding hydrogens is 407 g/mol. The van der Waals surface area contributed by atoms with E-state index in [0.29, 0.717) is 28.9 Å². The molecule has 8 nitrogen and oxygen atoms in total. The van der Waals surface area contributed by atoms with Gasteiger partial charge >= 0.3 is 0 Å². The average Bonchev–Trinajstić information content (AvgIpc) is 2.75. The second-order valence-corrected chi connectivity index (χ2v) is 8.69. The highest BCUT2D eigenvalue weighted by Gasteiger charge is 2.25. The van der Waals surface area contributed by atoms with Crippen molar-refractivity contribution >= 4 is 28.6 Å². The monoisotopic (exact) mass is 438 g/mol. The molecule has 1 saturated heterocycles. The number of piperazine rings is 1. The molecule has 9 heteroatoms. The van der Waals surface area contributed by atoms with Gasteiger partial charge in [-0.15, -0.1) is 0 Å². The van der Waals surface area contributed by atoms with Crippen LogP contribution >= 0.6 is 0 Å². The molecule has 2 aromatic heterocycles. The fourth-order valence-corrected chi connectivity index (χ4v) is 4.22. The summed E-state index contributed by atoms with van der Waals surface area (Å²) >= 11 is 0. The number of pyridine rings is 1. The molecular formula is C23H31FN8.